The third-order valence-electron chi connectivity index (χ3n) is 7.52. The molecule has 4 aromatic carbocycles. The van der Waals surface area contributed by atoms with Crippen LogP contribution in [0.15, 0.2) is 102 Å². The van der Waals surface area contributed by atoms with Gasteiger partial charge in [0.1, 0.15) is 18.3 Å². The second-order valence-corrected chi connectivity index (χ2v) is 13.8. The normalized spacial score (nSPS) is 12.0. The molecule has 0 aliphatic heterocycles. The summed E-state index contributed by atoms with van der Waals surface area (Å²) in [5.41, 5.74) is 3.46. The van der Waals surface area contributed by atoms with Gasteiger partial charge in [-0.1, -0.05) is 77.8 Å². The van der Waals surface area contributed by atoms with Gasteiger partial charge in [-0.3, -0.25) is 13.9 Å². The quantitative estimate of drug-likeness (QED) is 0.181. The molecule has 0 saturated carbocycles. The molecule has 1 atom stereocenters. The summed E-state index contributed by atoms with van der Waals surface area (Å²) in [6.45, 7) is 6.84. The number of carbonyl (C=O) groups excluding carboxylic acids is 2. The second-order valence-electron chi connectivity index (χ2n) is 11.5. The van der Waals surface area contributed by atoms with Crippen molar-refractivity contribution in [2.45, 2.75) is 57.6 Å². The van der Waals surface area contributed by atoms with Gasteiger partial charge in [0.25, 0.3) is 10.0 Å². The van der Waals surface area contributed by atoms with Crippen molar-refractivity contribution >= 4 is 39.1 Å². The Morgan fingerprint density at radius 2 is 1.54 bits per heavy atom. The summed E-state index contributed by atoms with van der Waals surface area (Å²) in [5.74, 6) is -0.314. The zero-order chi connectivity index (χ0) is 33.4. The van der Waals surface area contributed by atoms with Crippen LogP contribution in [0, 0.1) is 13.8 Å². The number of rotatable bonds is 13. The zero-order valence-corrected chi connectivity index (χ0v) is 28.3. The number of nitrogens with zero attached hydrogens (tertiary/aromatic N) is 2. The molecule has 46 heavy (non-hydrogen) atoms. The Kier molecular flexibility index (Phi) is 11.5. The lowest BCUT2D eigenvalue weighted by Gasteiger charge is -2.34. The Morgan fingerprint density at radius 3 is 2.17 bits per heavy atom. The number of sulfonamides is 1. The molecule has 0 unspecified atom stereocenters. The number of amides is 2. The molecule has 4 rings (SSSR count). The summed E-state index contributed by atoms with van der Waals surface area (Å²) in [4.78, 5) is 29.9. The summed E-state index contributed by atoms with van der Waals surface area (Å²) in [6, 6.07) is 26.8. The summed E-state index contributed by atoms with van der Waals surface area (Å²) in [7, 11) is -2.68. The van der Waals surface area contributed by atoms with E-state index in [2.05, 4.69) is 5.32 Å². The lowest BCUT2D eigenvalue weighted by Crippen LogP contribution is -2.54. The minimum atomic E-state index is -4.23. The van der Waals surface area contributed by atoms with Crippen LogP contribution in [0.4, 0.5) is 5.69 Å². The largest absolute Gasteiger partial charge is 0.497 e. The van der Waals surface area contributed by atoms with Crippen LogP contribution >= 0.6 is 11.6 Å². The van der Waals surface area contributed by atoms with Crippen molar-refractivity contribution in [3.05, 3.63) is 124 Å². The third-order valence-corrected chi connectivity index (χ3v) is 9.72. The predicted molar refractivity (Wildman–Crippen MR) is 183 cm³/mol. The maximum absolute atomic E-state index is 14.6. The topological polar surface area (TPSA) is 96.0 Å². The number of anilines is 1. The van der Waals surface area contributed by atoms with Crippen LogP contribution in [-0.2, 0) is 32.6 Å². The molecule has 0 saturated heterocycles. The van der Waals surface area contributed by atoms with Gasteiger partial charge >= 0.3 is 0 Å². The van der Waals surface area contributed by atoms with Crippen molar-refractivity contribution in [2.24, 2.45) is 0 Å². The molecule has 1 N–H and O–H groups in total. The molecule has 0 fully saturated rings. The minimum absolute atomic E-state index is 0.0281. The summed E-state index contributed by atoms with van der Waals surface area (Å²) in [6.07, 6.45) is 0.218. The van der Waals surface area contributed by atoms with Gasteiger partial charge in [-0.25, -0.2) is 8.42 Å². The van der Waals surface area contributed by atoms with E-state index in [0.717, 1.165) is 26.6 Å². The van der Waals surface area contributed by atoms with Crippen molar-refractivity contribution in [3.8, 4) is 5.75 Å². The molecule has 0 heterocycles. The van der Waals surface area contributed by atoms with E-state index in [-0.39, 0.29) is 35.5 Å². The van der Waals surface area contributed by atoms with Crippen LogP contribution in [0.3, 0.4) is 0 Å². The number of benzene rings is 4. The molecular formula is C36H40ClN3O5S. The van der Waals surface area contributed by atoms with Gasteiger partial charge in [0.15, 0.2) is 0 Å². The number of carbonyl (C=O) groups is 2. The molecule has 0 aliphatic rings. The monoisotopic (exact) mass is 661 g/mol. The van der Waals surface area contributed by atoms with Crippen LogP contribution in [0.5, 0.6) is 5.75 Å². The number of halogens is 1. The Balaban J connectivity index is 1.83. The van der Waals surface area contributed by atoms with Crippen molar-refractivity contribution in [1.82, 2.24) is 10.2 Å². The number of ether oxygens (including phenoxy) is 1. The first-order chi connectivity index (χ1) is 21.9. The molecule has 0 radical (unpaired) electrons. The number of nitrogens with one attached hydrogen (secondary N) is 1. The lowest BCUT2D eigenvalue weighted by molar-refractivity contribution is -0.140. The number of hydrogen-bond acceptors (Lipinski definition) is 5. The van der Waals surface area contributed by atoms with Crippen molar-refractivity contribution in [3.63, 3.8) is 0 Å². The highest BCUT2D eigenvalue weighted by molar-refractivity contribution is 7.92. The average molecular weight is 662 g/mol. The summed E-state index contributed by atoms with van der Waals surface area (Å²) < 4.78 is 34.9. The second kappa shape index (κ2) is 15.3. The Hall–Kier alpha value is -4.34. The Labute approximate surface area is 277 Å². The molecule has 0 aliphatic carbocycles. The molecule has 4 aromatic rings. The van der Waals surface area contributed by atoms with Gasteiger partial charge in [-0.15, -0.1) is 0 Å². The van der Waals surface area contributed by atoms with Crippen LogP contribution < -0.4 is 14.4 Å². The first kappa shape index (κ1) is 34.5. The number of methoxy groups -OCH3 is 1. The number of aryl methyl sites for hydroxylation is 2. The van der Waals surface area contributed by atoms with Gasteiger partial charge in [-0.05, 0) is 80.8 Å². The fourth-order valence-electron chi connectivity index (χ4n) is 5.01. The van der Waals surface area contributed by atoms with Crippen LogP contribution in [-0.4, -0.2) is 50.9 Å². The van der Waals surface area contributed by atoms with Crippen LogP contribution in [0.1, 0.15) is 36.1 Å². The third kappa shape index (κ3) is 8.68. The fourth-order valence-corrected chi connectivity index (χ4v) is 6.59. The highest BCUT2D eigenvalue weighted by Gasteiger charge is 2.35. The first-order valence-electron chi connectivity index (χ1n) is 15.0. The maximum Gasteiger partial charge on any atom is 0.264 e. The molecule has 0 spiro atoms. The van der Waals surface area contributed by atoms with E-state index in [1.54, 1.807) is 49.6 Å². The number of hydrogen-bond donors (Lipinski definition) is 1. The van der Waals surface area contributed by atoms with Crippen molar-refractivity contribution in [1.29, 1.82) is 0 Å². The maximum atomic E-state index is 14.6. The summed E-state index contributed by atoms with van der Waals surface area (Å²) >= 11 is 6.46. The molecule has 0 aromatic heterocycles. The lowest BCUT2D eigenvalue weighted by atomic mass is 10.0. The molecule has 0 bridgehead atoms. The van der Waals surface area contributed by atoms with Crippen LogP contribution in [0.25, 0.3) is 0 Å². The zero-order valence-electron chi connectivity index (χ0n) is 26.7. The van der Waals surface area contributed by atoms with Crippen molar-refractivity contribution < 1.29 is 22.7 Å². The highest BCUT2D eigenvalue weighted by atomic mass is 35.5. The van der Waals surface area contributed by atoms with Crippen LogP contribution in [0.2, 0.25) is 5.02 Å². The molecular weight excluding hydrogens is 622 g/mol. The first-order valence-corrected chi connectivity index (χ1v) is 16.8. The summed E-state index contributed by atoms with van der Waals surface area (Å²) in [5, 5.41) is 3.32. The van der Waals surface area contributed by atoms with Gasteiger partial charge in [0, 0.05) is 24.0 Å². The van der Waals surface area contributed by atoms with E-state index in [1.807, 2.05) is 64.1 Å². The molecule has 2 amide bonds. The SMILES string of the molecule is COc1cccc(CN(C(=O)CN(c2ccc(C)c(Cl)c2)S(=O)(=O)c2ccc(C)cc2)[C@@H](Cc2ccccc2)C(=O)NC(C)C)c1. The Morgan fingerprint density at radius 1 is 0.870 bits per heavy atom. The van der Waals surface area contributed by atoms with E-state index in [0.29, 0.717) is 10.8 Å². The smallest absolute Gasteiger partial charge is 0.264 e. The molecule has 10 heteroatoms. The molecule has 8 nitrogen and oxygen atoms in total. The van der Waals surface area contributed by atoms with Gasteiger partial charge < -0.3 is 15.0 Å². The fraction of sp³-hybridized carbons (Fsp3) is 0.278. The standard InChI is InChI=1S/C36H40ClN3O5S/c1-25(2)38-36(42)34(21-28-10-7-6-8-11-28)39(23-29-12-9-13-31(20-29)45-5)35(41)24-40(30-17-16-27(4)33(37)22-30)46(43,44)32-18-14-26(3)15-19-32/h6-20,22,25,34H,21,23-24H2,1-5H3,(H,38,42)/t34-/m0/s1. The predicted octanol–water partition coefficient (Wildman–Crippen LogP) is 6.33. The van der Waals surface area contributed by atoms with E-state index in [1.165, 1.54) is 23.1 Å². The van der Waals surface area contributed by atoms with E-state index in [4.69, 9.17) is 16.3 Å². The minimum Gasteiger partial charge on any atom is -0.497 e. The van der Waals surface area contributed by atoms with E-state index in [9.17, 15) is 18.0 Å². The Bertz CT molecular complexity index is 1760. The van der Waals surface area contributed by atoms with Crippen molar-refractivity contribution in [2.75, 3.05) is 18.0 Å². The van der Waals surface area contributed by atoms with E-state index >= 15 is 0 Å². The van der Waals surface area contributed by atoms with Gasteiger partial charge in [-0.2, -0.15) is 0 Å². The average Bonchev–Trinajstić information content (AvgIpc) is 3.03. The highest BCUT2D eigenvalue weighted by Crippen LogP contribution is 2.29. The van der Waals surface area contributed by atoms with Gasteiger partial charge in [0.2, 0.25) is 11.8 Å². The van der Waals surface area contributed by atoms with E-state index < -0.39 is 28.5 Å². The van der Waals surface area contributed by atoms with Gasteiger partial charge in [0.05, 0.1) is 17.7 Å². The molecule has 242 valence electrons.